The molecule has 4 heterocycles. The van der Waals surface area contributed by atoms with Crippen molar-refractivity contribution in [3.63, 3.8) is 0 Å². The fraction of sp³-hybridized carbons (Fsp3) is 0. The minimum absolute atomic E-state index is 0.0789. The van der Waals surface area contributed by atoms with Crippen molar-refractivity contribution in [3.8, 4) is 0 Å². The number of hydrogen-bond acceptors (Lipinski definition) is 8. The molecule has 0 aliphatic heterocycles. The van der Waals surface area contributed by atoms with Gasteiger partial charge in [-0.1, -0.05) is 54.6 Å². The van der Waals surface area contributed by atoms with E-state index in [1.54, 1.807) is 73.1 Å². The lowest BCUT2D eigenvalue weighted by atomic mass is 9.99. The highest BCUT2D eigenvalue weighted by molar-refractivity contribution is 6.20. The maximum Gasteiger partial charge on any atom is 0.231 e. The van der Waals surface area contributed by atoms with Gasteiger partial charge in [0, 0.05) is 51.4 Å². The summed E-state index contributed by atoms with van der Waals surface area (Å²) in [6.07, 6.45) is 4.62. The fourth-order valence-corrected chi connectivity index (χ4v) is 5.06. The first-order valence-corrected chi connectivity index (χ1v) is 13.1. The van der Waals surface area contributed by atoms with Crippen LogP contribution in [0.15, 0.2) is 116 Å². The van der Waals surface area contributed by atoms with Crippen LogP contribution in [0.4, 0.5) is 0 Å². The molecule has 0 spiro atoms. The number of nitrogens with zero attached hydrogens (tertiary/aromatic N) is 5. The lowest BCUT2D eigenvalue weighted by Gasteiger charge is -2.10. The molecule has 0 unspecified atom stereocenters. The summed E-state index contributed by atoms with van der Waals surface area (Å²) in [5.41, 5.74) is 2.74. The predicted molar refractivity (Wildman–Crippen MR) is 158 cm³/mol. The van der Waals surface area contributed by atoms with E-state index in [-0.39, 0.29) is 17.2 Å². The first kappa shape index (κ1) is 25.0. The van der Waals surface area contributed by atoms with Gasteiger partial charge >= 0.3 is 0 Å². The van der Waals surface area contributed by atoms with E-state index in [4.69, 9.17) is 0 Å². The predicted octanol–water partition coefficient (Wildman–Crippen LogP) is 5.81. The molecular weight excluding hydrogens is 526 g/mol. The molecule has 0 fully saturated rings. The molecule has 7 rings (SSSR count). The van der Waals surface area contributed by atoms with E-state index in [1.807, 2.05) is 30.3 Å². The molecule has 0 atom stereocenters. The van der Waals surface area contributed by atoms with Crippen LogP contribution < -0.4 is 0 Å². The van der Waals surface area contributed by atoms with Crippen molar-refractivity contribution in [3.05, 3.63) is 150 Å². The molecule has 198 valence electrons. The number of rotatable bonds is 6. The van der Waals surface area contributed by atoms with E-state index >= 15 is 0 Å². The molecule has 0 N–H and O–H groups in total. The zero-order valence-electron chi connectivity index (χ0n) is 21.9. The van der Waals surface area contributed by atoms with E-state index in [9.17, 15) is 14.4 Å². The van der Waals surface area contributed by atoms with E-state index in [2.05, 4.69) is 24.9 Å². The normalized spacial score (nSPS) is 11.1. The molecule has 0 bridgehead atoms. The third-order valence-electron chi connectivity index (χ3n) is 7.08. The van der Waals surface area contributed by atoms with Gasteiger partial charge in [-0.3, -0.25) is 29.3 Å². The van der Waals surface area contributed by atoms with Crippen LogP contribution in [-0.2, 0) is 0 Å². The Morgan fingerprint density at radius 2 is 0.786 bits per heavy atom. The van der Waals surface area contributed by atoms with Crippen LogP contribution in [-0.4, -0.2) is 42.3 Å². The molecule has 0 amide bonds. The Balaban J connectivity index is 1.42. The van der Waals surface area contributed by atoms with Gasteiger partial charge in [0.2, 0.25) is 23.2 Å². The van der Waals surface area contributed by atoms with Gasteiger partial charge in [0.05, 0.1) is 16.6 Å². The van der Waals surface area contributed by atoms with E-state index in [0.29, 0.717) is 49.4 Å². The van der Waals surface area contributed by atoms with Crippen molar-refractivity contribution >= 4 is 50.1 Å². The van der Waals surface area contributed by atoms with Gasteiger partial charge in [-0.2, -0.15) is 0 Å². The molecule has 0 aliphatic rings. The van der Waals surface area contributed by atoms with Crippen molar-refractivity contribution in [2.45, 2.75) is 0 Å². The van der Waals surface area contributed by atoms with Crippen LogP contribution in [0.2, 0.25) is 0 Å². The molecule has 42 heavy (non-hydrogen) atoms. The van der Waals surface area contributed by atoms with Gasteiger partial charge in [-0.05, 0) is 42.5 Å². The van der Waals surface area contributed by atoms with Crippen LogP contribution in [0.1, 0.15) is 48.3 Å². The quantitative estimate of drug-likeness (QED) is 0.240. The maximum absolute atomic E-state index is 13.9. The van der Waals surface area contributed by atoms with E-state index in [0.717, 1.165) is 0 Å². The Morgan fingerprint density at radius 1 is 0.429 bits per heavy atom. The number of pyridine rings is 3. The van der Waals surface area contributed by atoms with Gasteiger partial charge in [-0.25, -0.2) is 9.97 Å². The van der Waals surface area contributed by atoms with Crippen molar-refractivity contribution in [1.29, 1.82) is 0 Å². The highest BCUT2D eigenvalue weighted by Crippen LogP contribution is 2.24. The Hall–Kier alpha value is -6.02. The molecule has 4 aromatic heterocycles. The lowest BCUT2D eigenvalue weighted by Crippen LogP contribution is -2.17. The number of aromatic nitrogens is 5. The largest absolute Gasteiger partial charge is 0.287 e. The second-order valence-corrected chi connectivity index (χ2v) is 9.58. The molecule has 7 aromatic rings. The van der Waals surface area contributed by atoms with Crippen LogP contribution in [0.3, 0.4) is 0 Å². The molecular formula is C34H19N5O3. The molecule has 0 saturated heterocycles. The number of carbonyl (C=O) groups excluding carboxylic acids is 3. The SMILES string of the molecule is O=C(c1cc(C(=O)c2ccnc3ccccc23)nc(C(=O)c2ccnc3ccccc23)n1)c1ccnc2ccccc12. The number of carbonyl (C=O) groups is 3. The summed E-state index contributed by atoms with van der Waals surface area (Å²) in [5, 5.41) is 1.87. The Morgan fingerprint density at radius 3 is 1.19 bits per heavy atom. The van der Waals surface area contributed by atoms with Crippen LogP contribution in [0.5, 0.6) is 0 Å². The van der Waals surface area contributed by atoms with Crippen molar-refractivity contribution in [2.75, 3.05) is 0 Å². The van der Waals surface area contributed by atoms with Crippen LogP contribution in [0, 0.1) is 0 Å². The zero-order chi connectivity index (χ0) is 28.6. The number of benzene rings is 3. The summed E-state index contributed by atoms with van der Waals surface area (Å²) in [6, 6.07) is 27.8. The average Bonchev–Trinajstić information content (AvgIpc) is 3.06. The topological polar surface area (TPSA) is 116 Å². The molecule has 8 heteroatoms. The molecule has 8 nitrogen and oxygen atoms in total. The summed E-state index contributed by atoms with van der Waals surface area (Å²) >= 11 is 0. The monoisotopic (exact) mass is 545 g/mol. The number of hydrogen-bond donors (Lipinski definition) is 0. The van der Waals surface area contributed by atoms with E-state index < -0.39 is 17.3 Å². The average molecular weight is 546 g/mol. The summed E-state index contributed by atoms with van der Waals surface area (Å²) in [6.45, 7) is 0. The molecule has 3 aromatic carbocycles. The van der Waals surface area contributed by atoms with Crippen molar-refractivity contribution in [2.24, 2.45) is 0 Å². The van der Waals surface area contributed by atoms with Crippen LogP contribution >= 0.6 is 0 Å². The second-order valence-electron chi connectivity index (χ2n) is 9.58. The Labute approximate surface area is 238 Å². The second kappa shape index (κ2) is 10.2. The number of para-hydroxylation sites is 3. The van der Waals surface area contributed by atoms with Gasteiger partial charge in [0.1, 0.15) is 11.4 Å². The van der Waals surface area contributed by atoms with E-state index in [1.165, 1.54) is 12.3 Å². The molecule has 0 aliphatic carbocycles. The summed E-state index contributed by atoms with van der Waals surface area (Å²) in [7, 11) is 0. The summed E-state index contributed by atoms with van der Waals surface area (Å²) < 4.78 is 0. The Bertz CT molecular complexity index is 1950. The number of fused-ring (bicyclic) bond motifs is 3. The smallest absolute Gasteiger partial charge is 0.231 e. The molecule has 0 radical (unpaired) electrons. The third-order valence-corrected chi connectivity index (χ3v) is 7.08. The lowest BCUT2D eigenvalue weighted by molar-refractivity contribution is 0.102. The first-order valence-electron chi connectivity index (χ1n) is 13.1. The zero-order valence-corrected chi connectivity index (χ0v) is 21.9. The fourth-order valence-electron chi connectivity index (χ4n) is 5.06. The minimum Gasteiger partial charge on any atom is -0.287 e. The van der Waals surface area contributed by atoms with Gasteiger partial charge in [-0.15, -0.1) is 0 Å². The highest BCUT2D eigenvalue weighted by Gasteiger charge is 2.25. The number of ketones is 3. The van der Waals surface area contributed by atoms with Crippen molar-refractivity contribution in [1.82, 2.24) is 24.9 Å². The first-order chi connectivity index (χ1) is 20.6. The van der Waals surface area contributed by atoms with Gasteiger partial charge in [0.15, 0.2) is 0 Å². The minimum atomic E-state index is -0.531. The third kappa shape index (κ3) is 4.28. The van der Waals surface area contributed by atoms with Gasteiger partial charge in [0.25, 0.3) is 0 Å². The highest BCUT2D eigenvalue weighted by atomic mass is 16.1. The summed E-state index contributed by atoms with van der Waals surface area (Å²) in [5.74, 6) is -1.72. The van der Waals surface area contributed by atoms with Gasteiger partial charge < -0.3 is 0 Å². The standard InChI is InChI=1S/C34H19N5O3/c40-31(23-13-16-35-26-10-4-1-7-20(23)26)29-19-30(32(41)24-14-17-36-27-11-5-2-8-21(24)27)39-34(38-29)33(42)25-15-18-37-28-12-6-3-9-22(25)28/h1-19H. The molecule has 0 saturated carbocycles. The Kier molecular flexibility index (Phi) is 6.06. The van der Waals surface area contributed by atoms with Crippen molar-refractivity contribution < 1.29 is 14.4 Å². The van der Waals surface area contributed by atoms with Crippen LogP contribution in [0.25, 0.3) is 32.7 Å². The maximum atomic E-state index is 13.9. The summed E-state index contributed by atoms with van der Waals surface area (Å²) in [4.78, 5) is 63.7.